The number of hydrogen-bond acceptors (Lipinski definition) is 2. The van der Waals surface area contributed by atoms with Crippen LogP contribution in [-0.2, 0) is 9.59 Å². The second-order valence-corrected chi connectivity index (χ2v) is 17.2. The normalized spacial score (nSPS) is 11.2. The highest BCUT2D eigenvalue weighted by atomic mass is 16.2. The van der Waals surface area contributed by atoms with Gasteiger partial charge in [0.1, 0.15) is 0 Å². The lowest BCUT2D eigenvalue weighted by molar-refractivity contribution is -0.117. The van der Waals surface area contributed by atoms with Gasteiger partial charge in [-0.2, -0.15) is 0 Å². The Morgan fingerprint density at radius 3 is 0.707 bits per heavy atom. The molecular formula is C54H84N2O2. The summed E-state index contributed by atoms with van der Waals surface area (Å²) in [5.74, 6) is 0.218. The van der Waals surface area contributed by atoms with Crippen LogP contribution in [0.5, 0.6) is 0 Å². The van der Waals surface area contributed by atoms with Crippen molar-refractivity contribution in [2.24, 2.45) is 0 Å². The molecule has 0 unspecified atom stereocenters. The highest BCUT2D eigenvalue weighted by Gasteiger charge is 2.07. The maximum absolute atomic E-state index is 12.6. The maximum atomic E-state index is 12.6. The zero-order valence-corrected chi connectivity index (χ0v) is 37.4. The Morgan fingerprint density at radius 2 is 0.483 bits per heavy atom. The highest BCUT2D eigenvalue weighted by molar-refractivity contribution is 5.91. The minimum atomic E-state index is 0.109. The Balaban J connectivity index is 1.20. The van der Waals surface area contributed by atoms with Crippen LogP contribution < -0.4 is 10.6 Å². The second-order valence-electron chi connectivity index (χ2n) is 17.2. The molecule has 3 aromatic carbocycles. The summed E-state index contributed by atoms with van der Waals surface area (Å²) in [5.41, 5.74) is 6.24. The van der Waals surface area contributed by atoms with Gasteiger partial charge in [-0.3, -0.25) is 9.59 Å². The first-order chi connectivity index (χ1) is 28.6. The molecule has 0 fully saturated rings. The molecule has 2 amide bonds. The summed E-state index contributed by atoms with van der Waals surface area (Å²) in [7, 11) is 0. The largest absolute Gasteiger partial charge is 0.326 e. The summed E-state index contributed by atoms with van der Waals surface area (Å²) >= 11 is 0. The van der Waals surface area contributed by atoms with Crippen LogP contribution in [0.3, 0.4) is 0 Å². The fourth-order valence-electron chi connectivity index (χ4n) is 8.11. The van der Waals surface area contributed by atoms with Gasteiger partial charge in [0.15, 0.2) is 0 Å². The van der Waals surface area contributed by atoms with E-state index in [4.69, 9.17) is 0 Å². The van der Waals surface area contributed by atoms with E-state index in [9.17, 15) is 9.59 Å². The standard InChI is InChI=1S/C54H84N2O2/c1-3-5-7-9-11-13-15-17-19-21-23-25-27-29-31-33-53(57)55-51-43-39-49(40-44-51)47-35-37-48(38-36-47)50-41-45-52(46-42-50)56-54(58)34-32-30-28-26-24-22-20-18-16-14-12-10-8-6-4-2/h35-46H,3-34H2,1-2H3,(H,55,57)(H,56,58). The molecule has 0 spiro atoms. The maximum Gasteiger partial charge on any atom is 0.224 e. The Labute approximate surface area is 356 Å². The molecule has 58 heavy (non-hydrogen) atoms. The zero-order chi connectivity index (χ0) is 41.1. The van der Waals surface area contributed by atoms with E-state index in [2.05, 4.69) is 73.0 Å². The van der Waals surface area contributed by atoms with Crippen LogP contribution in [0, 0.1) is 0 Å². The molecule has 0 aliphatic heterocycles. The molecule has 0 saturated carbocycles. The third-order valence-electron chi connectivity index (χ3n) is 11.9. The van der Waals surface area contributed by atoms with Crippen molar-refractivity contribution in [2.45, 2.75) is 219 Å². The Hall–Kier alpha value is -3.40. The van der Waals surface area contributed by atoms with E-state index in [1.54, 1.807) is 0 Å². The fraction of sp³-hybridized carbons (Fsp3) is 0.630. The molecule has 0 radical (unpaired) electrons. The van der Waals surface area contributed by atoms with Crippen LogP contribution >= 0.6 is 0 Å². The van der Waals surface area contributed by atoms with Crippen LogP contribution in [0.2, 0.25) is 0 Å². The summed E-state index contributed by atoms with van der Waals surface area (Å²) in [6.45, 7) is 4.57. The predicted octanol–water partition coefficient (Wildman–Crippen LogP) is 17.4. The van der Waals surface area contributed by atoms with Gasteiger partial charge in [0.05, 0.1) is 0 Å². The quantitative estimate of drug-likeness (QED) is 0.0576. The van der Waals surface area contributed by atoms with Crippen LogP contribution in [0.25, 0.3) is 22.3 Å². The number of rotatable bonds is 36. The van der Waals surface area contributed by atoms with Crippen LogP contribution in [0.1, 0.15) is 219 Å². The van der Waals surface area contributed by atoms with Crippen LogP contribution in [0.4, 0.5) is 11.4 Å². The molecule has 0 aliphatic rings. The molecule has 0 aliphatic carbocycles. The summed E-state index contributed by atoms with van der Waals surface area (Å²) in [6, 6.07) is 24.9. The lowest BCUT2D eigenvalue weighted by Crippen LogP contribution is -2.10. The number of carbonyl (C=O) groups is 2. The van der Waals surface area contributed by atoms with E-state index in [-0.39, 0.29) is 11.8 Å². The number of hydrogen-bond donors (Lipinski definition) is 2. The minimum absolute atomic E-state index is 0.109. The molecular weight excluding hydrogens is 709 g/mol. The Bertz CT molecular complexity index is 1320. The molecule has 3 aromatic rings. The first-order valence-corrected chi connectivity index (χ1v) is 24.5. The van der Waals surface area contributed by atoms with Gasteiger partial charge in [-0.1, -0.05) is 242 Å². The number of amides is 2. The third kappa shape index (κ3) is 23.9. The summed E-state index contributed by atoms with van der Waals surface area (Å²) in [4.78, 5) is 25.1. The summed E-state index contributed by atoms with van der Waals surface area (Å²) < 4.78 is 0. The van der Waals surface area contributed by atoms with Gasteiger partial charge in [-0.05, 0) is 59.4 Å². The van der Waals surface area contributed by atoms with Gasteiger partial charge >= 0.3 is 0 Å². The molecule has 3 rings (SSSR count). The van der Waals surface area contributed by atoms with Crippen LogP contribution in [0.15, 0.2) is 72.8 Å². The summed E-state index contributed by atoms with van der Waals surface area (Å²) in [6.07, 6.45) is 41.1. The molecule has 2 N–H and O–H groups in total. The Kier molecular flexibility index (Phi) is 28.2. The number of unbranched alkanes of at least 4 members (excludes halogenated alkanes) is 28. The zero-order valence-electron chi connectivity index (χ0n) is 37.4. The number of nitrogens with one attached hydrogen (secondary N) is 2. The molecule has 0 heterocycles. The van der Waals surface area contributed by atoms with Gasteiger partial charge in [0.25, 0.3) is 0 Å². The van der Waals surface area contributed by atoms with Crippen molar-refractivity contribution in [3.8, 4) is 22.3 Å². The first-order valence-electron chi connectivity index (χ1n) is 24.5. The van der Waals surface area contributed by atoms with Gasteiger partial charge in [0, 0.05) is 24.2 Å². The number of benzene rings is 3. The van der Waals surface area contributed by atoms with E-state index in [1.807, 2.05) is 24.3 Å². The van der Waals surface area contributed by atoms with Gasteiger partial charge in [-0.25, -0.2) is 0 Å². The number of anilines is 2. The van der Waals surface area contributed by atoms with Crippen molar-refractivity contribution in [1.82, 2.24) is 0 Å². The molecule has 322 valence electrons. The minimum Gasteiger partial charge on any atom is -0.326 e. The monoisotopic (exact) mass is 793 g/mol. The first kappa shape index (κ1) is 49.0. The molecule has 0 bridgehead atoms. The van der Waals surface area contributed by atoms with Crippen molar-refractivity contribution >= 4 is 23.2 Å². The second kappa shape index (κ2) is 33.4. The van der Waals surface area contributed by atoms with Crippen LogP contribution in [-0.4, -0.2) is 11.8 Å². The predicted molar refractivity (Wildman–Crippen MR) is 254 cm³/mol. The third-order valence-corrected chi connectivity index (χ3v) is 11.9. The van der Waals surface area contributed by atoms with Crippen molar-refractivity contribution in [2.75, 3.05) is 10.6 Å². The molecule has 4 nitrogen and oxygen atoms in total. The molecule has 0 aromatic heterocycles. The topological polar surface area (TPSA) is 58.2 Å². The van der Waals surface area contributed by atoms with E-state index in [1.165, 1.54) is 167 Å². The fourth-order valence-corrected chi connectivity index (χ4v) is 8.11. The van der Waals surface area contributed by atoms with Crippen molar-refractivity contribution in [1.29, 1.82) is 0 Å². The van der Waals surface area contributed by atoms with E-state index >= 15 is 0 Å². The molecule has 4 heteroatoms. The SMILES string of the molecule is CCCCCCCCCCCCCCCCCC(=O)Nc1ccc(-c2ccc(-c3ccc(NC(=O)CCCCCCCCCCCCCCCCC)cc3)cc2)cc1. The average molecular weight is 793 g/mol. The highest BCUT2D eigenvalue weighted by Crippen LogP contribution is 2.27. The van der Waals surface area contributed by atoms with E-state index < -0.39 is 0 Å². The van der Waals surface area contributed by atoms with E-state index in [0.717, 1.165) is 59.3 Å². The van der Waals surface area contributed by atoms with E-state index in [0.29, 0.717) is 12.8 Å². The van der Waals surface area contributed by atoms with Gasteiger partial charge < -0.3 is 10.6 Å². The van der Waals surface area contributed by atoms with Crippen molar-refractivity contribution in [3.05, 3.63) is 72.8 Å². The van der Waals surface area contributed by atoms with Gasteiger partial charge in [-0.15, -0.1) is 0 Å². The molecule has 0 atom stereocenters. The van der Waals surface area contributed by atoms with Crippen molar-refractivity contribution < 1.29 is 9.59 Å². The van der Waals surface area contributed by atoms with Crippen molar-refractivity contribution in [3.63, 3.8) is 0 Å². The molecule has 0 saturated heterocycles. The Morgan fingerprint density at radius 1 is 0.293 bits per heavy atom. The average Bonchev–Trinajstić information content (AvgIpc) is 3.24. The number of carbonyl (C=O) groups excluding carboxylic acids is 2. The smallest absolute Gasteiger partial charge is 0.224 e. The lowest BCUT2D eigenvalue weighted by atomic mass is 10.00. The lowest BCUT2D eigenvalue weighted by Gasteiger charge is -2.09. The summed E-state index contributed by atoms with van der Waals surface area (Å²) in [5, 5.41) is 6.17. The van der Waals surface area contributed by atoms with Gasteiger partial charge in [0.2, 0.25) is 11.8 Å².